The van der Waals surface area contributed by atoms with Crippen molar-refractivity contribution < 1.29 is 0 Å². The second kappa shape index (κ2) is 11.3. The lowest BCUT2D eigenvalue weighted by atomic mass is 10.2. The number of hydrogen-bond acceptors (Lipinski definition) is 2. The first-order valence-electron chi connectivity index (χ1n) is 3.91. The molecule has 0 aromatic rings. The van der Waals surface area contributed by atoms with Crippen molar-refractivity contribution >= 4 is 0 Å². The van der Waals surface area contributed by atoms with Crippen molar-refractivity contribution in [1.82, 2.24) is 5.32 Å². The van der Waals surface area contributed by atoms with Crippen molar-refractivity contribution in [2.24, 2.45) is 0 Å². The molecule has 2 nitrogen and oxygen atoms in total. The zero-order valence-corrected chi connectivity index (χ0v) is 7.44. The van der Waals surface area contributed by atoms with Crippen LogP contribution in [0.3, 0.4) is 0 Å². The van der Waals surface area contributed by atoms with E-state index in [1.807, 2.05) is 27.7 Å². The minimum atomic E-state index is 0.352. The Labute approximate surface area is 64.2 Å². The second-order valence-electron chi connectivity index (χ2n) is 1.82. The van der Waals surface area contributed by atoms with E-state index >= 15 is 0 Å². The normalized spacial score (nSPS) is 10.7. The van der Waals surface area contributed by atoms with E-state index in [9.17, 15) is 0 Å². The molecule has 2 heteroatoms. The van der Waals surface area contributed by atoms with Crippen molar-refractivity contribution in [2.45, 2.75) is 40.2 Å². The van der Waals surface area contributed by atoms with Crippen molar-refractivity contribution in [1.29, 1.82) is 5.26 Å². The first-order valence-corrected chi connectivity index (χ1v) is 3.91. The third kappa shape index (κ3) is 10.4. The maximum atomic E-state index is 8.17. The lowest BCUT2D eigenvalue weighted by Gasteiger charge is -2.04. The largest absolute Gasteiger partial charge is 0.314 e. The smallest absolute Gasteiger partial charge is 0.0638 e. The summed E-state index contributed by atoms with van der Waals surface area (Å²) in [5.74, 6) is 0. The average Bonchev–Trinajstić information content (AvgIpc) is 1.93. The van der Waals surface area contributed by atoms with Gasteiger partial charge in [0.1, 0.15) is 0 Å². The molecular weight excluding hydrogens is 124 g/mol. The standard InChI is InChI=1S/C6H12N2.C2H6/c1-3-8-6(2)4-5-7;1-2/h6,8H,3-4H2,1-2H3;1-2H3. The fourth-order valence-electron chi connectivity index (χ4n) is 0.558. The molecule has 0 fully saturated rings. The van der Waals surface area contributed by atoms with E-state index < -0.39 is 0 Å². The molecule has 0 radical (unpaired) electrons. The fourth-order valence-corrected chi connectivity index (χ4v) is 0.558. The summed E-state index contributed by atoms with van der Waals surface area (Å²) in [6.07, 6.45) is 0.605. The van der Waals surface area contributed by atoms with Crippen LogP contribution in [0.2, 0.25) is 0 Å². The zero-order valence-electron chi connectivity index (χ0n) is 7.44. The van der Waals surface area contributed by atoms with E-state index in [1.54, 1.807) is 0 Å². The van der Waals surface area contributed by atoms with Crippen molar-refractivity contribution in [2.75, 3.05) is 6.54 Å². The molecule has 0 aliphatic heterocycles. The van der Waals surface area contributed by atoms with Crippen LogP contribution in [-0.2, 0) is 0 Å². The molecule has 10 heavy (non-hydrogen) atoms. The zero-order chi connectivity index (χ0) is 8.41. The predicted molar refractivity (Wildman–Crippen MR) is 44.7 cm³/mol. The Balaban J connectivity index is 0. The average molecular weight is 142 g/mol. The highest BCUT2D eigenvalue weighted by Crippen LogP contribution is 1.84. The molecule has 0 rings (SSSR count). The molecule has 1 unspecified atom stereocenters. The molecule has 1 atom stereocenters. The Morgan fingerprint density at radius 2 is 2.00 bits per heavy atom. The highest BCUT2D eigenvalue weighted by molar-refractivity contribution is 4.76. The van der Waals surface area contributed by atoms with Crippen LogP contribution in [0.4, 0.5) is 0 Å². The Bertz CT molecular complexity index is 83.7. The Kier molecular flexibility index (Phi) is 13.7. The minimum absolute atomic E-state index is 0.352. The van der Waals surface area contributed by atoms with Gasteiger partial charge >= 0.3 is 0 Å². The van der Waals surface area contributed by atoms with E-state index in [0.717, 1.165) is 6.54 Å². The van der Waals surface area contributed by atoms with Gasteiger partial charge in [0.05, 0.1) is 12.5 Å². The SMILES string of the molecule is CC.CCNC(C)CC#N. The molecule has 0 aliphatic rings. The molecule has 1 N–H and O–H groups in total. The van der Waals surface area contributed by atoms with Crippen molar-refractivity contribution in [3.05, 3.63) is 0 Å². The van der Waals surface area contributed by atoms with Gasteiger partial charge in [-0.1, -0.05) is 20.8 Å². The van der Waals surface area contributed by atoms with Gasteiger partial charge in [-0.3, -0.25) is 0 Å². The summed E-state index contributed by atoms with van der Waals surface area (Å²) in [6, 6.07) is 2.44. The molecule has 0 aromatic carbocycles. The summed E-state index contributed by atoms with van der Waals surface area (Å²) in [5, 5.41) is 11.3. The summed E-state index contributed by atoms with van der Waals surface area (Å²) >= 11 is 0. The molecule has 0 saturated heterocycles. The molecule has 0 spiro atoms. The fraction of sp³-hybridized carbons (Fsp3) is 0.875. The van der Waals surface area contributed by atoms with Crippen molar-refractivity contribution in [3.63, 3.8) is 0 Å². The topological polar surface area (TPSA) is 35.8 Å². The Morgan fingerprint density at radius 3 is 2.30 bits per heavy atom. The van der Waals surface area contributed by atoms with Gasteiger partial charge in [0.2, 0.25) is 0 Å². The van der Waals surface area contributed by atoms with Crippen LogP contribution < -0.4 is 5.32 Å². The van der Waals surface area contributed by atoms with E-state index in [2.05, 4.69) is 11.4 Å². The van der Waals surface area contributed by atoms with Crippen LogP contribution in [0.15, 0.2) is 0 Å². The van der Waals surface area contributed by atoms with E-state index in [0.29, 0.717) is 12.5 Å². The molecule has 0 aliphatic carbocycles. The predicted octanol–water partition coefficient (Wildman–Crippen LogP) is 1.92. The van der Waals surface area contributed by atoms with Crippen LogP contribution >= 0.6 is 0 Å². The van der Waals surface area contributed by atoms with Crippen molar-refractivity contribution in [3.8, 4) is 6.07 Å². The monoisotopic (exact) mass is 142 g/mol. The summed E-state index contributed by atoms with van der Waals surface area (Å²) in [7, 11) is 0. The van der Waals surface area contributed by atoms with Crippen LogP contribution in [-0.4, -0.2) is 12.6 Å². The van der Waals surface area contributed by atoms with Gasteiger partial charge in [0.15, 0.2) is 0 Å². The van der Waals surface area contributed by atoms with Gasteiger partial charge < -0.3 is 5.32 Å². The maximum Gasteiger partial charge on any atom is 0.0638 e. The van der Waals surface area contributed by atoms with Gasteiger partial charge in [-0.2, -0.15) is 5.26 Å². The molecule has 0 amide bonds. The number of nitrogens with zero attached hydrogens (tertiary/aromatic N) is 1. The van der Waals surface area contributed by atoms with Gasteiger partial charge in [0, 0.05) is 6.04 Å². The van der Waals surface area contributed by atoms with Gasteiger partial charge in [-0.15, -0.1) is 0 Å². The molecule has 0 aromatic heterocycles. The van der Waals surface area contributed by atoms with Gasteiger partial charge in [0.25, 0.3) is 0 Å². The minimum Gasteiger partial charge on any atom is -0.314 e. The molecular formula is C8H18N2. The quantitative estimate of drug-likeness (QED) is 0.653. The van der Waals surface area contributed by atoms with E-state index in [1.165, 1.54) is 0 Å². The maximum absolute atomic E-state index is 8.17. The lowest BCUT2D eigenvalue weighted by molar-refractivity contribution is 0.578. The second-order valence-corrected chi connectivity index (χ2v) is 1.82. The number of hydrogen-bond donors (Lipinski definition) is 1. The lowest BCUT2D eigenvalue weighted by Crippen LogP contribution is -2.24. The highest BCUT2D eigenvalue weighted by Gasteiger charge is 1.94. The third-order valence-electron chi connectivity index (χ3n) is 0.950. The van der Waals surface area contributed by atoms with E-state index in [-0.39, 0.29) is 0 Å². The summed E-state index contributed by atoms with van der Waals surface area (Å²) < 4.78 is 0. The number of nitriles is 1. The number of rotatable bonds is 3. The molecule has 60 valence electrons. The Hall–Kier alpha value is -0.550. The van der Waals surface area contributed by atoms with Gasteiger partial charge in [-0.05, 0) is 13.5 Å². The van der Waals surface area contributed by atoms with E-state index in [4.69, 9.17) is 5.26 Å². The molecule has 0 saturated carbocycles. The molecule has 0 heterocycles. The summed E-state index contributed by atoms with van der Waals surface area (Å²) in [4.78, 5) is 0. The highest BCUT2D eigenvalue weighted by atomic mass is 14.9. The van der Waals surface area contributed by atoms with Crippen LogP contribution in [0, 0.1) is 11.3 Å². The number of nitrogens with one attached hydrogen (secondary N) is 1. The molecule has 0 bridgehead atoms. The van der Waals surface area contributed by atoms with Crippen LogP contribution in [0.25, 0.3) is 0 Å². The Morgan fingerprint density at radius 1 is 1.50 bits per heavy atom. The first kappa shape index (κ1) is 12.2. The summed E-state index contributed by atoms with van der Waals surface area (Å²) in [6.45, 7) is 8.99. The third-order valence-corrected chi connectivity index (χ3v) is 0.950. The first-order chi connectivity index (χ1) is 4.81. The van der Waals surface area contributed by atoms with Crippen LogP contribution in [0.1, 0.15) is 34.1 Å². The van der Waals surface area contributed by atoms with Gasteiger partial charge in [-0.25, -0.2) is 0 Å². The van der Waals surface area contributed by atoms with Crippen LogP contribution in [0.5, 0.6) is 0 Å². The summed E-state index contributed by atoms with van der Waals surface area (Å²) in [5.41, 5.74) is 0.